The lowest BCUT2D eigenvalue weighted by atomic mass is 9.74. The van der Waals surface area contributed by atoms with E-state index in [0.29, 0.717) is 12.2 Å². The van der Waals surface area contributed by atoms with Crippen molar-refractivity contribution in [3.05, 3.63) is 25.3 Å². The number of ether oxygens (including phenoxy) is 1. The number of fused-ring (bicyclic) bond motifs is 1. The molecule has 0 aromatic carbocycles. The van der Waals surface area contributed by atoms with Crippen molar-refractivity contribution in [1.29, 1.82) is 0 Å². The van der Waals surface area contributed by atoms with Crippen LogP contribution in [0.4, 0.5) is 0 Å². The Hall–Kier alpha value is -0.560. The minimum Gasteiger partial charge on any atom is -0.368 e. The highest BCUT2D eigenvalue weighted by Crippen LogP contribution is 2.50. The fraction of sp³-hybridized carbons (Fsp3) is 0.600. The maximum atomic E-state index is 5.53. The quantitative estimate of drug-likeness (QED) is 0.434. The molecule has 60 valence electrons. The summed E-state index contributed by atoms with van der Waals surface area (Å²) in [6.45, 7) is 7.71. The van der Waals surface area contributed by atoms with Gasteiger partial charge in [0.25, 0.3) is 0 Å². The van der Waals surface area contributed by atoms with E-state index in [2.05, 4.69) is 13.2 Å². The molecule has 1 heterocycles. The second-order valence-electron chi connectivity index (χ2n) is 3.51. The molecule has 11 heavy (non-hydrogen) atoms. The van der Waals surface area contributed by atoms with Crippen molar-refractivity contribution in [1.82, 2.24) is 0 Å². The monoisotopic (exact) mass is 150 g/mol. The molecule has 2 atom stereocenters. The SMILES string of the molecule is C=CC1(C=C)CCCC2OC21. The standard InChI is InChI=1S/C10H14O/c1-3-10(4-2)7-5-6-8-9(10)11-8/h3-4,8-9H,1-2,5-7H2. The van der Waals surface area contributed by atoms with Crippen LogP contribution in [0.2, 0.25) is 0 Å². The van der Waals surface area contributed by atoms with Gasteiger partial charge in [-0.3, -0.25) is 0 Å². The Morgan fingerprint density at radius 1 is 1.36 bits per heavy atom. The van der Waals surface area contributed by atoms with E-state index in [1.54, 1.807) is 0 Å². The van der Waals surface area contributed by atoms with Crippen LogP contribution in [0.25, 0.3) is 0 Å². The first-order valence-electron chi connectivity index (χ1n) is 4.25. The summed E-state index contributed by atoms with van der Waals surface area (Å²) in [5, 5.41) is 0. The van der Waals surface area contributed by atoms with Gasteiger partial charge in [0.15, 0.2) is 0 Å². The molecule has 1 nitrogen and oxygen atoms in total. The van der Waals surface area contributed by atoms with Crippen LogP contribution in [0.3, 0.4) is 0 Å². The second-order valence-corrected chi connectivity index (χ2v) is 3.51. The molecule has 1 saturated carbocycles. The Morgan fingerprint density at radius 3 is 2.64 bits per heavy atom. The fourth-order valence-electron chi connectivity index (χ4n) is 2.11. The van der Waals surface area contributed by atoms with Crippen molar-refractivity contribution >= 4 is 0 Å². The molecule has 0 aromatic rings. The molecule has 1 saturated heterocycles. The maximum Gasteiger partial charge on any atom is 0.0966 e. The molecule has 2 fully saturated rings. The van der Waals surface area contributed by atoms with E-state index in [0.717, 1.165) is 0 Å². The average Bonchev–Trinajstić information content (AvgIpc) is 2.82. The zero-order valence-electron chi connectivity index (χ0n) is 6.75. The van der Waals surface area contributed by atoms with Gasteiger partial charge in [-0.2, -0.15) is 0 Å². The summed E-state index contributed by atoms with van der Waals surface area (Å²) in [5.74, 6) is 0. The third kappa shape index (κ3) is 0.875. The zero-order chi connectivity index (χ0) is 7.90. The fourth-order valence-corrected chi connectivity index (χ4v) is 2.11. The Balaban J connectivity index is 2.21. The van der Waals surface area contributed by atoms with E-state index < -0.39 is 0 Å². The van der Waals surface area contributed by atoms with Crippen LogP contribution < -0.4 is 0 Å². The summed E-state index contributed by atoms with van der Waals surface area (Å²) in [7, 11) is 0. The highest BCUT2D eigenvalue weighted by molar-refractivity contribution is 5.19. The van der Waals surface area contributed by atoms with Crippen LogP contribution in [0.15, 0.2) is 25.3 Å². The summed E-state index contributed by atoms with van der Waals surface area (Å²) < 4.78 is 5.53. The molecule has 0 radical (unpaired) electrons. The second kappa shape index (κ2) is 2.21. The Morgan fingerprint density at radius 2 is 2.09 bits per heavy atom. The molecule has 0 amide bonds. The van der Waals surface area contributed by atoms with E-state index in [9.17, 15) is 0 Å². The van der Waals surface area contributed by atoms with E-state index in [1.807, 2.05) is 12.2 Å². The summed E-state index contributed by atoms with van der Waals surface area (Å²) in [4.78, 5) is 0. The Kier molecular flexibility index (Phi) is 1.43. The lowest BCUT2D eigenvalue weighted by Gasteiger charge is -2.27. The van der Waals surface area contributed by atoms with Crippen LogP contribution in [-0.4, -0.2) is 12.2 Å². The van der Waals surface area contributed by atoms with Crippen LogP contribution in [0, 0.1) is 5.41 Å². The van der Waals surface area contributed by atoms with E-state index >= 15 is 0 Å². The molecule has 0 aromatic heterocycles. The molecule has 2 aliphatic rings. The summed E-state index contributed by atoms with van der Waals surface area (Å²) in [6, 6.07) is 0. The molecule has 0 bridgehead atoms. The summed E-state index contributed by atoms with van der Waals surface area (Å²) in [5.41, 5.74) is 0.100. The third-order valence-corrected chi connectivity index (χ3v) is 2.97. The first kappa shape index (κ1) is 7.11. The van der Waals surface area contributed by atoms with Crippen molar-refractivity contribution < 1.29 is 4.74 Å². The first-order chi connectivity index (χ1) is 5.32. The van der Waals surface area contributed by atoms with Gasteiger partial charge in [0.05, 0.1) is 12.2 Å². The molecule has 2 rings (SSSR count). The van der Waals surface area contributed by atoms with E-state index in [-0.39, 0.29) is 5.41 Å². The highest BCUT2D eigenvalue weighted by atomic mass is 16.6. The predicted octanol–water partition coefficient (Wildman–Crippen LogP) is 2.30. The largest absolute Gasteiger partial charge is 0.368 e. The van der Waals surface area contributed by atoms with Gasteiger partial charge in [-0.05, 0) is 19.3 Å². The van der Waals surface area contributed by atoms with Gasteiger partial charge in [0.2, 0.25) is 0 Å². The minimum atomic E-state index is 0.100. The van der Waals surface area contributed by atoms with Gasteiger partial charge < -0.3 is 4.74 Å². The van der Waals surface area contributed by atoms with Crippen LogP contribution >= 0.6 is 0 Å². The molecular weight excluding hydrogens is 136 g/mol. The average molecular weight is 150 g/mol. The predicted molar refractivity (Wildman–Crippen MR) is 45.3 cm³/mol. The van der Waals surface area contributed by atoms with Crippen LogP contribution in [-0.2, 0) is 4.74 Å². The minimum absolute atomic E-state index is 0.100. The lowest BCUT2D eigenvalue weighted by molar-refractivity contribution is 0.298. The molecule has 1 aliphatic carbocycles. The van der Waals surface area contributed by atoms with E-state index in [1.165, 1.54) is 19.3 Å². The zero-order valence-corrected chi connectivity index (χ0v) is 6.75. The van der Waals surface area contributed by atoms with Crippen molar-refractivity contribution in [3.8, 4) is 0 Å². The smallest absolute Gasteiger partial charge is 0.0966 e. The summed E-state index contributed by atoms with van der Waals surface area (Å²) in [6.07, 6.45) is 8.58. The van der Waals surface area contributed by atoms with Gasteiger partial charge in [0.1, 0.15) is 0 Å². The van der Waals surface area contributed by atoms with Gasteiger partial charge in [-0.1, -0.05) is 12.2 Å². The third-order valence-electron chi connectivity index (χ3n) is 2.97. The van der Waals surface area contributed by atoms with Crippen molar-refractivity contribution in [2.24, 2.45) is 5.41 Å². The van der Waals surface area contributed by atoms with Crippen LogP contribution in [0.1, 0.15) is 19.3 Å². The molecule has 1 aliphatic heterocycles. The molecule has 0 spiro atoms. The Labute approximate surface area is 67.7 Å². The van der Waals surface area contributed by atoms with Gasteiger partial charge >= 0.3 is 0 Å². The van der Waals surface area contributed by atoms with Gasteiger partial charge in [-0.25, -0.2) is 0 Å². The molecule has 2 unspecified atom stereocenters. The number of hydrogen-bond donors (Lipinski definition) is 0. The highest BCUT2D eigenvalue weighted by Gasteiger charge is 2.53. The number of rotatable bonds is 2. The van der Waals surface area contributed by atoms with E-state index in [4.69, 9.17) is 4.74 Å². The Bertz CT molecular complexity index is 187. The number of hydrogen-bond acceptors (Lipinski definition) is 1. The van der Waals surface area contributed by atoms with Crippen LogP contribution in [0.5, 0.6) is 0 Å². The number of epoxide rings is 1. The van der Waals surface area contributed by atoms with Gasteiger partial charge in [-0.15, -0.1) is 13.2 Å². The van der Waals surface area contributed by atoms with Crippen molar-refractivity contribution in [2.75, 3.05) is 0 Å². The first-order valence-corrected chi connectivity index (χ1v) is 4.25. The van der Waals surface area contributed by atoms with Crippen molar-refractivity contribution in [2.45, 2.75) is 31.5 Å². The molecular formula is C10H14O. The molecule has 0 N–H and O–H groups in total. The summed E-state index contributed by atoms with van der Waals surface area (Å²) >= 11 is 0. The topological polar surface area (TPSA) is 12.5 Å². The maximum absolute atomic E-state index is 5.53. The van der Waals surface area contributed by atoms with Crippen molar-refractivity contribution in [3.63, 3.8) is 0 Å². The molecule has 1 heteroatoms. The van der Waals surface area contributed by atoms with Gasteiger partial charge in [0, 0.05) is 5.41 Å². The normalized spacial score (nSPS) is 38.9. The lowest BCUT2D eigenvalue weighted by Crippen LogP contribution is -2.27.